The van der Waals surface area contributed by atoms with Crippen LogP contribution in [0.1, 0.15) is 5.56 Å². The molecule has 0 saturated carbocycles. The van der Waals surface area contributed by atoms with Crippen LogP contribution in [0.15, 0.2) is 42.5 Å². The van der Waals surface area contributed by atoms with Gasteiger partial charge in [-0.2, -0.15) is 0 Å². The van der Waals surface area contributed by atoms with E-state index in [1.807, 2.05) is 31.3 Å². The summed E-state index contributed by atoms with van der Waals surface area (Å²) in [6.07, 6.45) is 0. The van der Waals surface area contributed by atoms with Gasteiger partial charge in [0.25, 0.3) is 0 Å². The Hall–Kier alpha value is -1.42. The summed E-state index contributed by atoms with van der Waals surface area (Å²) in [5.41, 5.74) is 1.17. The van der Waals surface area contributed by atoms with Gasteiger partial charge < -0.3 is 14.8 Å². The standard InChI is InChI=1S/C16H17Cl2NO2/c1-19-11-12-4-2-5-13(10-12)20-8-9-21-15-7-3-6-14(17)16(15)18/h2-7,10,19H,8-9,11H2,1H3. The van der Waals surface area contributed by atoms with E-state index in [-0.39, 0.29) is 0 Å². The molecule has 0 bridgehead atoms. The lowest BCUT2D eigenvalue weighted by molar-refractivity contribution is 0.217. The number of nitrogens with one attached hydrogen (secondary N) is 1. The van der Waals surface area contributed by atoms with E-state index in [2.05, 4.69) is 5.32 Å². The maximum atomic E-state index is 6.04. The van der Waals surface area contributed by atoms with E-state index in [9.17, 15) is 0 Å². The molecule has 112 valence electrons. The Morgan fingerprint density at radius 2 is 1.76 bits per heavy atom. The summed E-state index contributed by atoms with van der Waals surface area (Å²) in [4.78, 5) is 0. The fourth-order valence-corrected chi connectivity index (χ4v) is 2.20. The minimum absolute atomic E-state index is 0.399. The molecule has 0 aliphatic carbocycles. The van der Waals surface area contributed by atoms with Crippen molar-refractivity contribution in [3.05, 3.63) is 58.1 Å². The van der Waals surface area contributed by atoms with Gasteiger partial charge in [-0.3, -0.25) is 0 Å². The van der Waals surface area contributed by atoms with Crippen molar-refractivity contribution < 1.29 is 9.47 Å². The second kappa shape index (κ2) is 8.13. The lowest BCUT2D eigenvalue weighted by atomic mass is 10.2. The molecular weight excluding hydrogens is 309 g/mol. The van der Waals surface area contributed by atoms with Gasteiger partial charge in [-0.25, -0.2) is 0 Å². The van der Waals surface area contributed by atoms with Crippen LogP contribution in [0.4, 0.5) is 0 Å². The highest BCUT2D eigenvalue weighted by Gasteiger charge is 2.05. The Bertz CT molecular complexity index is 590. The fourth-order valence-electron chi connectivity index (χ4n) is 1.86. The summed E-state index contributed by atoms with van der Waals surface area (Å²) in [5.74, 6) is 1.39. The van der Waals surface area contributed by atoms with Crippen LogP contribution in [0.5, 0.6) is 11.5 Å². The first-order chi connectivity index (χ1) is 10.2. The molecule has 0 atom stereocenters. The smallest absolute Gasteiger partial charge is 0.139 e. The third-order valence-electron chi connectivity index (χ3n) is 2.81. The van der Waals surface area contributed by atoms with Crippen molar-refractivity contribution in [3.8, 4) is 11.5 Å². The van der Waals surface area contributed by atoms with Crippen LogP contribution < -0.4 is 14.8 Å². The maximum absolute atomic E-state index is 6.04. The Labute approximate surface area is 134 Å². The highest BCUT2D eigenvalue weighted by Crippen LogP contribution is 2.31. The number of hydrogen-bond donors (Lipinski definition) is 1. The molecule has 0 saturated heterocycles. The Balaban J connectivity index is 1.82. The van der Waals surface area contributed by atoms with E-state index in [0.717, 1.165) is 12.3 Å². The van der Waals surface area contributed by atoms with Gasteiger partial charge in [-0.1, -0.05) is 41.4 Å². The molecule has 0 aromatic heterocycles. The molecule has 2 rings (SSSR count). The van der Waals surface area contributed by atoms with Crippen molar-refractivity contribution in [1.29, 1.82) is 0 Å². The van der Waals surface area contributed by atoms with Crippen molar-refractivity contribution in [3.63, 3.8) is 0 Å². The van der Waals surface area contributed by atoms with Gasteiger partial charge in [0.1, 0.15) is 29.7 Å². The quantitative estimate of drug-likeness (QED) is 0.775. The first kappa shape index (κ1) is 16.0. The Morgan fingerprint density at radius 3 is 2.57 bits per heavy atom. The van der Waals surface area contributed by atoms with Crippen LogP contribution in [0.25, 0.3) is 0 Å². The number of halogens is 2. The van der Waals surface area contributed by atoms with Crippen molar-refractivity contribution in [1.82, 2.24) is 5.32 Å². The van der Waals surface area contributed by atoms with Gasteiger partial charge in [0.05, 0.1) is 5.02 Å². The summed E-state index contributed by atoms with van der Waals surface area (Å²) in [6, 6.07) is 13.2. The number of benzene rings is 2. The first-order valence-electron chi connectivity index (χ1n) is 6.64. The van der Waals surface area contributed by atoms with Crippen molar-refractivity contribution >= 4 is 23.2 Å². The average molecular weight is 326 g/mol. The Kier molecular flexibility index (Phi) is 6.18. The Morgan fingerprint density at radius 1 is 1.00 bits per heavy atom. The highest BCUT2D eigenvalue weighted by molar-refractivity contribution is 6.42. The summed E-state index contributed by atoms with van der Waals surface area (Å²) in [7, 11) is 1.91. The van der Waals surface area contributed by atoms with Crippen LogP contribution in [0, 0.1) is 0 Å². The minimum Gasteiger partial charge on any atom is -0.490 e. The zero-order chi connectivity index (χ0) is 15.1. The molecule has 0 heterocycles. The summed E-state index contributed by atoms with van der Waals surface area (Å²) < 4.78 is 11.2. The van der Waals surface area contributed by atoms with Gasteiger partial charge in [-0.05, 0) is 36.9 Å². The molecule has 5 heteroatoms. The van der Waals surface area contributed by atoms with Gasteiger partial charge >= 0.3 is 0 Å². The van der Waals surface area contributed by atoms with Gasteiger partial charge in [0, 0.05) is 6.54 Å². The molecule has 0 amide bonds. The number of hydrogen-bond acceptors (Lipinski definition) is 3. The predicted octanol–water partition coefficient (Wildman–Crippen LogP) is 4.17. The molecule has 0 unspecified atom stereocenters. The number of rotatable bonds is 7. The topological polar surface area (TPSA) is 30.5 Å². The first-order valence-corrected chi connectivity index (χ1v) is 7.39. The average Bonchev–Trinajstić information content (AvgIpc) is 2.48. The molecule has 0 aliphatic heterocycles. The third-order valence-corrected chi connectivity index (χ3v) is 3.61. The molecule has 0 spiro atoms. The summed E-state index contributed by atoms with van der Waals surface area (Å²) in [6.45, 7) is 1.65. The van der Waals surface area contributed by atoms with Crippen LogP contribution >= 0.6 is 23.2 Å². The van der Waals surface area contributed by atoms with E-state index >= 15 is 0 Å². The predicted molar refractivity (Wildman–Crippen MR) is 86.7 cm³/mol. The molecule has 3 nitrogen and oxygen atoms in total. The highest BCUT2D eigenvalue weighted by atomic mass is 35.5. The second-order valence-electron chi connectivity index (χ2n) is 4.43. The zero-order valence-electron chi connectivity index (χ0n) is 11.7. The van der Waals surface area contributed by atoms with Gasteiger partial charge in [0.15, 0.2) is 0 Å². The van der Waals surface area contributed by atoms with E-state index in [1.165, 1.54) is 5.56 Å². The molecule has 0 radical (unpaired) electrons. The molecule has 2 aromatic carbocycles. The van der Waals surface area contributed by atoms with Crippen LogP contribution in [-0.2, 0) is 6.54 Å². The fraction of sp³-hybridized carbons (Fsp3) is 0.250. The van der Waals surface area contributed by atoms with Crippen LogP contribution in [0.3, 0.4) is 0 Å². The van der Waals surface area contributed by atoms with Gasteiger partial charge in [-0.15, -0.1) is 0 Å². The van der Waals surface area contributed by atoms with E-state index in [0.29, 0.717) is 29.0 Å². The molecule has 0 fully saturated rings. The van der Waals surface area contributed by atoms with Crippen LogP contribution in [-0.4, -0.2) is 20.3 Å². The molecule has 1 N–H and O–H groups in total. The lowest BCUT2D eigenvalue weighted by Crippen LogP contribution is -2.10. The lowest BCUT2D eigenvalue weighted by Gasteiger charge is -2.11. The summed E-state index contributed by atoms with van der Waals surface area (Å²) >= 11 is 12.0. The van der Waals surface area contributed by atoms with Crippen molar-refractivity contribution in [2.45, 2.75) is 6.54 Å². The monoisotopic (exact) mass is 325 g/mol. The van der Waals surface area contributed by atoms with Crippen molar-refractivity contribution in [2.75, 3.05) is 20.3 Å². The minimum atomic E-state index is 0.399. The molecule has 21 heavy (non-hydrogen) atoms. The van der Waals surface area contributed by atoms with E-state index in [4.69, 9.17) is 32.7 Å². The van der Waals surface area contributed by atoms with Crippen molar-refractivity contribution in [2.24, 2.45) is 0 Å². The zero-order valence-corrected chi connectivity index (χ0v) is 13.2. The van der Waals surface area contributed by atoms with Crippen LogP contribution in [0.2, 0.25) is 10.0 Å². The molecule has 0 aliphatic rings. The second-order valence-corrected chi connectivity index (χ2v) is 5.21. The van der Waals surface area contributed by atoms with E-state index in [1.54, 1.807) is 18.2 Å². The van der Waals surface area contributed by atoms with E-state index < -0.39 is 0 Å². The van der Waals surface area contributed by atoms with Gasteiger partial charge in [0.2, 0.25) is 0 Å². The molecule has 2 aromatic rings. The normalized spacial score (nSPS) is 10.4. The molecular formula is C16H17Cl2NO2. The SMILES string of the molecule is CNCc1cccc(OCCOc2cccc(Cl)c2Cl)c1. The number of ether oxygens (including phenoxy) is 2. The third kappa shape index (κ3) is 4.81. The summed E-state index contributed by atoms with van der Waals surface area (Å²) in [5, 5.41) is 4.01. The largest absolute Gasteiger partial charge is 0.490 e. The maximum Gasteiger partial charge on any atom is 0.139 e.